The molecule has 0 saturated carbocycles. The van der Waals surface area contributed by atoms with Gasteiger partial charge in [0.15, 0.2) is 0 Å². The van der Waals surface area contributed by atoms with Crippen LogP contribution in [0.2, 0.25) is 0 Å². The summed E-state index contributed by atoms with van der Waals surface area (Å²) in [5, 5.41) is 3.45. The quantitative estimate of drug-likeness (QED) is 0.796. The van der Waals surface area contributed by atoms with Gasteiger partial charge in [-0.3, -0.25) is 0 Å². The molecule has 1 heterocycles. The fraction of sp³-hybridized carbons (Fsp3) is 0.667. The second kappa shape index (κ2) is 8.40. The van der Waals surface area contributed by atoms with Crippen LogP contribution < -0.4 is 10.1 Å². The van der Waals surface area contributed by atoms with Gasteiger partial charge in [-0.1, -0.05) is 18.2 Å². The normalized spacial score (nSPS) is 19.9. The Hall–Kier alpha value is -1.06. The van der Waals surface area contributed by atoms with Gasteiger partial charge in [-0.2, -0.15) is 0 Å². The summed E-state index contributed by atoms with van der Waals surface area (Å²) in [5.74, 6) is 1.91. The molecule has 0 spiro atoms. The first kappa shape index (κ1) is 16.3. The molecular weight excluding hydrogens is 260 g/mol. The predicted octanol–water partition coefficient (Wildman–Crippen LogP) is 2.95. The topological polar surface area (TPSA) is 24.5 Å². The summed E-state index contributed by atoms with van der Waals surface area (Å²) in [6.07, 6.45) is 5.07. The standard InChI is InChI=1S/C18H30N2O/c1-15(13-17-8-4-5-9-18(17)21-3)20(2)12-6-7-16-10-11-19-14-16/h4-5,8-9,15-16,19H,6-7,10-14H2,1-3H3. The van der Waals surface area contributed by atoms with Crippen molar-refractivity contribution in [3.63, 3.8) is 0 Å². The Kier molecular flexibility index (Phi) is 6.52. The van der Waals surface area contributed by atoms with Crippen molar-refractivity contribution >= 4 is 0 Å². The Morgan fingerprint density at radius 2 is 2.19 bits per heavy atom. The van der Waals surface area contributed by atoms with Gasteiger partial charge in [-0.25, -0.2) is 0 Å². The Bertz CT molecular complexity index is 415. The molecule has 3 heteroatoms. The summed E-state index contributed by atoms with van der Waals surface area (Å²) in [4.78, 5) is 2.48. The van der Waals surface area contributed by atoms with Crippen molar-refractivity contribution in [2.75, 3.05) is 33.8 Å². The molecule has 1 aromatic rings. The van der Waals surface area contributed by atoms with Gasteiger partial charge >= 0.3 is 0 Å². The molecular formula is C18H30N2O. The number of hydrogen-bond acceptors (Lipinski definition) is 3. The zero-order chi connectivity index (χ0) is 15.1. The summed E-state index contributed by atoms with van der Waals surface area (Å²) in [6.45, 7) is 5.93. The van der Waals surface area contributed by atoms with Gasteiger partial charge in [0.25, 0.3) is 0 Å². The largest absolute Gasteiger partial charge is 0.496 e. The first-order valence-corrected chi connectivity index (χ1v) is 8.23. The summed E-state index contributed by atoms with van der Waals surface area (Å²) in [5.41, 5.74) is 1.30. The van der Waals surface area contributed by atoms with E-state index in [-0.39, 0.29) is 0 Å². The van der Waals surface area contributed by atoms with Gasteiger partial charge in [-0.05, 0) is 76.8 Å². The van der Waals surface area contributed by atoms with E-state index >= 15 is 0 Å². The second-order valence-electron chi connectivity index (χ2n) is 6.35. The lowest BCUT2D eigenvalue weighted by Crippen LogP contribution is -2.32. The monoisotopic (exact) mass is 290 g/mol. The van der Waals surface area contributed by atoms with Crippen molar-refractivity contribution in [2.45, 2.75) is 38.6 Å². The molecule has 1 saturated heterocycles. The molecule has 0 aromatic heterocycles. The van der Waals surface area contributed by atoms with E-state index in [4.69, 9.17) is 4.74 Å². The number of nitrogens with one attached hydrogen (secondary N) is 1. The highest BCUT2D eigenvalue weighted by Gasteiger charge is 2.16. The highest BCUT2D eigenvalue weighted by molar-refractivity contribution is 5.33. The number of para-hydroxylation sites is 1. The van der Waals surface area contributed by atoms with Gasteiger partial charge in [0.2, 0.25) is 0 Å². The predicted molar refractivity (Wildman–Crippen MR) is 89.0 cm³/mol. The molecule has 3 nitrogen and oxygen atoms in total. The molecule has 1 fully saturated rings. The number of nitrogens with zero attached hydrogens (tertiary/aromatic N) is 1. The first-order valence-electron chi connectivity index (χ1n) is 8.23. The van der Waals surface area contributed by atoms with Gasteiger partial charge in [0.1, 0.15) is 5.75 Å². The Labute approximate surface area is 129 Å². The summed E-state index contributed by atoms with van der Waals surface area (Å²) >= 11 is 0. The van der Waals surface area contributed by atoms with E-state index in [2.05, 4.69) is 42.4 Å². The number of benzene rings is 1. The third-order valence-electron chi connectivity index (χ3n) is 4.75. The van der Waals surface area contributed by atoms with Crippen LogP contribution in [0.1, 0.15) is 31.7 Å². The van der Waals surface area contributed by atoms with Crippen LogP contribution in [0.4, 0.5) is 0 Å². The molecule has 118 valence electrons. The number of hydrogen-bond donors (Lipinski definition) is 1. The fourth-order valence-electron chi connectivity index (χ4n) is 3.16. The minimum atomic E-state index is 0.544. The molecule has 0 radical (unpaired) electrons. The van der Waals surface area contributed by atoms with Crippen LogP contribution in [-0.4, -0.2) is 44.7 Å². The average Bonchev–Trinajstić information content (AvgIpc) is 3.01. The van der Waals surface area contributed by atoms with E-state index in [1.54, 1.807) is 7.11 Å². The number of likely N-dealkylation sites (N-methyl/N-ethyl adjacent to an activating group) is 1. The summed E-state index contributed by atoms with van der Waals surface area (Å²) in [7, 11) is 4.00. The second-order valence-corrected chi connectivity index (χ2v) is 6.35. The average molecular weight is 290 g/mol. The van der Waals surface area contributed by atoms with Crippen LogP contribution in [0.5, 0.6) is 5.75 Å². The first-order chi connectivity index (χ1) is 10.2. The molecule has 0 bridgehead atoms. The maximum atomic E-state index is 5.45. The van der Waals surface area contributed by atoms with Gasteiger partial charge < -0.3 is 15.0 Å². The van der Waals surface area contributed by atoms with Gasteiger partial charge in [-0.15, -0.1) is 0 Å². The molecule has 1 N–H and O–H groups in total. The van der Waals surface area contributed by atoms with Crippen LogP contribution in [0, 0.1) is 5.92 Å². The Balaban J connectivity index is 1.74. The van der Waals surface area contributed by atoms with Crippen molar-refractivity contribution in [1.82, 2.24) is 10.2 Å². The lowest BCUT2D eigenvalue weighted by Gasteiger charge is -2.25. The SMILES string of the molecule is COc1ccccc1CC(C)N(C)CCCC1CCNC1. The van der Waals surface area contributed by atoms with E-state index in [9.17, 15) is 0 Å². The smallest absolute Gasteiger partial charge is 0.122 e. The van der Waals surface area contributed by atoms with Crippen molar-refractivity contribution in [3.05, 3.63) is 29.8 Å². The molecule has 1 aromatic carbocycles. The molecule has 1 aliphatic rings. The Morgan fingerprint density at radius 3 is 2.90 bits per heavy atom. The van der Waals surface area contributed by atoms with Crippen LogP contribution in [0.25, 0.3) is 0 Å². The molecule has 0 aliphatic carbocycles. The van der Waals surface area contributed by atoms with E-state index in [0.29, 0.717) is 6.04 Å². The summed E-state index contributed by atoms with van der Waals surface area (Å²) in [6, 6.07) is 8.90. The van der Waals surface area contributed by atoms with Crippen LogP contribution in [0.15, 0.2) is 24.3 Å². The lowest BCUT2D eigenvalue weighted by molar-refractivity contribution is 0.244. The van der Waals surface area contributed by atoms with E-state index in [1.165, 1.54) is 44.5 Å². The van der Waals surface area contributed by atoms with Crippen LogP contribution in [-0.2, 0) is 6.42 Å². The maximum absolute atomic E-state index is 5.45. The maximum Gasteiger partial charge on any atom is 0.122 e. The molecule has 1 aliphatic heterocycles. The van der Waals surface area contributed by atoms with Crippen molar-refractivity contribution in [3.8, 4) is 5.75 Å². The summed E-state index contributed by atoms with van der Waals surface area (Å²) < 4.78 is 5.45. The zero-order valence-electron chi connectivity index (χ0n) is 13.8. The third-order valence-corrected chi connectivity index (χ3v) is 4.75. The van der Waals surface area contributed by atoms with E-state index < -0.39 is 0 Å². The highest BCUT2D eigenvalue weighted by atomic mass is 16.5. The minimum absolute atomic E-state index is 0.544. The van der Waals surface area contributed by atoms with Crippen LogP contribution >= 0.6 is 0 Å². The fourth-order valence-corrected chi connectivity index (χ4v) is 3.16. The van der Waals surface area contributed by atoms with Crippen LogP contribution in [0.3, 0.4) is 0 Å². The zero-order valence-corrected chi connectivity index (χ0v) is 13.8. The van der Waals surface area contributed by atoms with Gasteiger partial charge in [0, 0.05) is 6.04 Å². The van der Waals surface area contributed by atoms with Crippen molar-refractivity contribution in [2.24, 2.45) is 5.92 Å². The third kappa shape index (κ3) is 5.01. The molecule has 0 amide bonds. The van der Waals surface area contributed by atoms with E-state index in [1.807, 2.05) is 6.07 Å². The van der Waals surface area contributed by atoms with Crippen molar-refractivity contribution in [1.29, 1.82) is 0 Å². The lowest BCUT2D eigenvalue weighted by atomic mass is 10.0. The number of ether oxygens (including phenoxy) is 1. The van der Waals surface area contributed by atoms with Crippen molar-refractivity contribution < 1.29 is 4.74 Å². The van der Waals surface area contributed by atoms with E-state index in [0.717, 1.165) is 18.1 Å². The molecule has 2 atom stereocenters. The molecule has 2 unspecified atom stereocenters. The number of rotatable bonds is 8. The molecule has 2 rings (SSSR count). The Morgan fingerprint density at radius 1 is 1.38 bits per heavy atom. The minimum Gasteiger partial charge on any atom is -0.496 e. The number of methoxy groups -OCH3 is 1. The van der Waals surface area contributed by atoms with Gasteiger partial charge in [0.05, 0.1) is 7.11 Å². The molecule has 21 heavy (non-hydrogen) atoms. The highest BCUT2D eigenvalue weighted by Crippen LogP contribution is 2.20.